The fourth-order valence-corrected chi connectivity index (χ4v) is 4.33. The highest BCUT2D eigenvalue weighted by Gasteiger charge is 2.23. The van der Waals surface area contributed by atoms with Gasteiger partial charge in [-0.3, -0.25) is 14.4 Å². The van der Waals surface area contributed by atoms with Crippen LogP contribution < -0.4 is 16.0 Å². The second-order valence-electron chi connectivity index (χ2n) is 7.69. The molecule has 0 aromatic heterocycles. The first-order valence-electron chi connectivity index (χ1n) is 10.9. The number of nitrogens with one attached hydrogen (secondary N) is 3. The van der Waals surface area contributed by atoms with Crippen molar-refractivity contribution >= 4 is 63.8 Å². The Labute approximate surface area is 218 Å². The van der Waals surface area contributed by atoms with E-state index in [2.05, 4.69) is 20.7 Å². The molecule has 2 aromatic carbocycles. The summed E-state index contributed by atoms with van der Waals surface area (Å²) in [7, 11) is 2.47. The van der Waals surface area contributed by atoms with Crippen molar-refractivity contribution in [2.45, 2.75) is 25.4 Å². The van der Waals surface area contributed by atoms with Gasteiger partial charge in [-0.2, -0.15) is 0 Å². The molecule has 0 bridgehead atoms. The maximum atomic E-state index is 12.6. The number of amides is 2. The monoisotopic (exact) mass is 527 g/mol. The van der Waals surface area contributed by atoms with Gasteiger partial charge in [0, 0.05) is 24.2 Å². The Morgan fingerprint density at radius 3 is 2.50 bits per heavy atom. The van der Waals surface area contributed by atoms with Crippen LogP contribution in [0.4, 0.5) is 5.69 Å². The molecule has 9 nitrogen and oxygen atoms in total. The number of thioether (sulfide) groups is 1. The Hall–Kier alpha value is -3.70. The van der Waals surface area contributed by atoms with E-state index >= 15 is 0 Å². The van der Waals surface area contributed by atoms with Crippen molar-refractivity contribution in [2.75, 3.05) is 19.5 Å². The molecule has 3 rings (SSSR count). The van der Waals surface area contributed by atoms with Gasteiger partial charge in [0.1, 0.15) is 10.4 Å². The zero-order valence-electron chi connectivity index (χ0n) is 19.7. The molecule has 0 spiro atoms. The third-order valence-corrected chi connectivity index (χ3v) is 6.36. The molecule has 1 fully saturated rings. The summed E-state index contributed by atoms with van der Waals surface area (Å²) in [6.07, 6.45) is 1.82. The van der Waals surface area contributed by atoms with Gasteiger partial charge in [0.25, 0.3) is 11.8 Å². The van der Waals surface area contributed by atoms with Gasteiger partial charge in [0.05, 0.1) is 19.1 Å². The number of benzene rings is 2. The lowest BCUT2D eigenvalue weighted by Gasteiger charge is -2.16. The van der Waals surface area contributed by atoms with Gasteiger partial charge in [0.15, 0.2) is 0 Å². The van der Waals surface area contributed by atoms with Crippen LogP contribution in [-0.2, 0) is 30.4 Å². The number of hydrogen-bond donors (Lipinski definition) is 3. The summed E-state index contributed by atoms with van der Waals surface area (Å²) in [4.78, 5) is 48.4. The van der Waals surface area contributed by atoms with Crippen LogP contribution in [0.2, 0.25) is 0 Å². The van der Waals surface area contributed by atoms with E-state index in [-0.39, 0.29) is 18.7 Å². The smallest absolute Gasteiger partial charge is 0.328 e. The van der Waals surface area contributed by atoms with E-state index < -0.39 is 23.9 Å². The maximum Gasteiger partial charge on any atom is 0.328 e. The van der Waals surface area contributed by atoms with E-state index in [0.717, 1.165) is 16.8 Å². The Kier molecular flexibility index (Phi) is 9.60. The van der Waals surface area contributed by atoms with Crippen LogP contribution in [0.25, 0.3) is 6.08 Å². The Balaban J connectivity index is 1.58. The summed E-state index contributed by atoms with van der Waals surface area (Å²) in [5.74, 6) is -1.78. The van der Waals surface area contributed by atoms with E-state index in [1.54, 1.807) is 30.3 Å². The highest BCUT2D eigenvalue weighted by atomic mass is 32.2. The molecule has 0 aliphatic carbocycles. The number of thiocarbonyl (C=S) groups is 1. The normalized spacial score (nSPS) is 14.7. The molecule has 1 heterocycles. The van der Waals surface area contributed by atoms with Crippen LogP contribution in [-0.4, -0.2) is 48.3 Å². The lowest BCUT2D eigenvalue weighted by atomic mass is 10.1. The van der Waals surface area contributed by atoms with Crippen LogP contribution in [0.15, 0.2) is 53.4 Å². The van der Waals surface area contributed by atoms with Crippen molar-refractivity contribution in [3.63, 3.8) is 0 Å². The predicted octanol–water partition coefficient (Wildman–Crippen LogP) is 3.01. The molecule has 1 aliphatic heterocycles. The summed E-state index contributed by atoms with van der Waals surface area (Å²) in [5.41, 5.74) is 3.02. The molecule has 2 amide bonds. The predicted molar refractivity (Wildman–Crippen MR) is 141 cm³/mol. The Morgan fingerprint density at radius 2 is 1.86 bits per heavy atom. The molecule has 0 saturated carbocycles. The van der Waals surface area contributed by atoms with Crippen molar-refractivity contribution < 1.29 is 28.7 Å². The number of rotatable bonds is 10. The van der Waals surface area contributed by atoms with Gasteiger partial charge in [-0.25, -0.2) is 4.79 Å². The fraction of sp³-hybridized carbons (Fsp3) is 0.240. The molecule has 0 unspecified atom stereocenters. The summed E-state index contributed by atoms with van der Waals surface area (Å²) in [5, 5.41) is 8.51. The number of hydrogen-bond acceptors (Lipinski definition) is 9. The SMILES string of the molecule is COC(=O)CC[C@@H](NC(=O)c1ccc(CNc2cccc(/C=C3\SC(=S)NC3=O)c2)cc1)C(=O)OC. The first kappa shape index (κ1) is 26.9. The zero-order chi connectivity index (χ0) is 26.1. The largest absolute Gasteiger partial charge is 0.469 e. The minimum atomic E-state index is -0.963. The average Bonchev–Trinajstić information content (AvgIpc) is 3.20. The number of ether oxygens (including phenoxy) is 2. The molecule has 2 aromatic rings. The molecule has 1 saturated heterocycles. The van der Waals surface area contributed by atoms with Crippen LogP contribution >= 0.6 is 24.0 Å². The highest BCUT2D eigenvalue weighted by molar-refractivity contribution is 8.26. The van der Waals surface area contributed by atoms with Crippen molar-refractivity contribution in [3.8, 4) is 0 Å². The summed E-state index contributed by atoms with van der Waals surface area (Å²) in [6.45, 7) is 0.505. The molecular formula is C25H25N3O6S2. The summed E-state index contributed by atoms with van der Waals surface area (Å²) < 4.78 is 9.75. The van der Waals surface area contributed by atoms with Gasteiger partial charge in [-0.15, -0.1) is 0 Å². The lowest BCUT2D eigenvalue weighted by molar-refractivity contribution is -0.144. The minimum Gasteiger partial charge on any atom is -0.469 e. The molecule has 1 aliphatic rings. The van der Waals surface area contributed by atoms with Gasteiger partial charge in [-0.05, 0) is 47.9 Å². The molecule has 0 radical (unpaired) electrons. The van der Waals surface area contributed by atoms with E-state index in [4.69, 9.17) is 17.0 Å². The first-order valence-corrected chi connectivity index (χ1v) is 12.1. The molecular weight excluding hydrogens is 502 g/mol. The Bertz CT molecular complexity index is 1200. The van der Waals surface area contributed by atoms with Gasteiger partial charge in [0.2, 0.25) is 0 Å². The quantitative estimate of drug-likeness (QED) is 0.243. The number of carbonyl (C=O) groups excluding carboxylic acids is 4. The van der Waals surface area contributed by atoms with E-state index in [1.807, 2.05) is 24.3 Å². The van der Waals surface area contributed by atoms with Gasteiger partial charge in [-0.1, -0.05) is 48.2 Å². The third-order valence-electron chi connectivity index (χ3n) is 5.20. The number of esters is 2. The second kappa shape index (κ2) is 12.8. The van der Waals surface area contributed by atoms with Crippen molar-refractivity contribution in [2.24, 2.45) is 0 Å². The van der Waals surface area contributed by atoms with Crippen LogP contribution in [0, 0.1) is 0 Å². The van der Waals surface area contributed by atoms with Gasteiger partial charge < -0.3 is 25.4 Å². The Morgan fingerprint density at radius 1 is 1.11 bits per heavy atom. The lowest BCUT2D eigenvalue weighted by Crippen LogP contribution is -2.41. The molecule has 11 heteroatoms. The van der Waals surface area contributed by atoms with Crippen molar-refractivity contribution in [1.82, 2.24) is 10.6 Å². The maximum absolute atomic E-state index is 12.6. The second-order valence-corrected chi connectivity index (χ2v) is 9.41. The van der Waals surface area contributed by atoms with E-state index in [1.165, 1.54) is 26.0 Å². The third kappa shape index (κ3) is 7.65. The summed E-state index contributed by atoms with van der Waals surface area (Å²) >= 11 is 6.25. The highest BCUT2D eigenvalue weighted by Crippen LogP contribution is 2.26. The zero-order valence-corrected chi connectivity index (χ0v) is 21.3. The average molecular weight is 528 g/mol. The number of methoxy groups -OCH3 is 2. The number of anilines is 1. The fourth-order valence-electron chi connectivity index (χ4n) is 3.29. The van der Waals surface area contributed by atoms with Crippen molar-refractivity contribution in [3.05, 3.63) is 70.1 Å². The minimum absolute atomic E-state index is 0.0288. The molecule has 3 N–H and O–H groups in total. The van der Waals surface area contributed by atoms with Crippen LogP contribution in [0.5, 0.6) is 0 Å². The summed E-state index contributed by atoms with van der Waals surface area (Å²) in [6, 6.07) is 13.6. The van der Waals surface area contributed by atoms with Crippen LogP contribution in [0.3, 0.4) is 0 Å². The molecule has 188 valence electrons. The van der Waals surface area contributed by atoms with Crippen LogP contribution in [0.1, 0.15) is 34.3 Å². The standard InChI is InChI=1S/C25H25N3O6S2/c1-33-21(29)11-10-19(24(32)34-2)27-22(30)17-8-6-15(7-9-17)14-26-18-5-3-4-16(12-18)13-20-23(31)28-25(35)36-20/h3-9,12-13,19,26H,10-11,14H2,1-2H3,(H,27,30)(H,28,31,35)/b20-13-/t19-/m1/s1. The van der Waals surface area contributed by atoms with Crippen molar-refractivity contribution in [1.29, 1.82) is 0 Å². The molecule has 1 atom stereocenters. The van der Waals surface area contributed by atoms with E-state index in [9.17, 15) is 19.2 Å². The molecule has 36 heavy (non-hydrogen) atoms. The van der Waals surface area contributed by atoms with E-state index in [0.29, 0.717) is 21.3 Å². The topological polar surface area (TPSA) is 123 Å². The first-order chi connectivity index (χ1) is 17.3. The van der Waals surface area contributed by atoms with Gasteiger partial charge >= 0.3 is 11.9 Å². The number of carbonyl (C=O) groups is 4.